The smallest absolute Gasteiger partial charge is 0.154 e. The van der Waals surface area contributed by atoms with E-state index in [1.165, 1.54) is 7.11 Å². The Balaban J connectivity index is 2.47. The van der Waals surface area contributed by atoms with Crippen LogP contribution in [0.15, 0.2) is 30.3 Å². The summed E-state index contributed by atoms with van der Waals surface area (Å²) in [6.45, 7) is 1.92. The molecule has 0 aromatic heterocycles. The molecule has 2 aromatic rings. The minimum atomic E-state index is 0.497. The second-order valence-electron chi connectivity index (χ2n) is 4.96. The van der Waals surface area contributed by atoms with Crippen LogP contribution < -0.4 is 14.2 Å². The van der Waals surface area contributed by atoms with Crippen molar-refractivity contribution in [2.75, 3.05) is 21.3 Å². The molecule has 0 fully saturated rings. The van der Waals surface area contributed by atoms with Crippen molar-refractivity contribution in [2.45, 2.75) is 6.92 Å². The van der Waals surface area contributed by atoms with E-state index in [0.29, 0.717) is 17.1 Å². The fourth-order valence-corrected chi connectivity index (χ4v) is 2.38. The number of carbonyl (C=O) groups is 1. The molecule has 23 heavy (non-hydrogen) atoms. The summed E-state index contributed by atoms with van der Waals surface area (Å²) < 4.78 is 15.8. The van der Waals surface area contributed by atoms with Gasteiger partial charge < -0.3 is 14.2 Å². The molecule has 0 amide bonds. The maximum absolute atomic E-state index is 11.5. The van der Waals surface area contributed by atoms with Gasteiger partial charge in [0.2, 0.25) is 0 Å². The molecule has 0 unspecified atom stereocenters. The van der Waals surface area contributed by atoms with Crippen LogP contribution in [0, 0.1) is 6.92 Å². The maximum atomic E-state index is 11.5. The zero-order valence-corrected chi connectivity index (χ0v) is 13.8. The predicted molar refractivity (Wildman–Crippen MR) is 91.6 cm³/mol. The molecule has 4 heteroatoms. The Hall–Kier alpha value is -2.75. The monoisotopic (exact) mass is 312 g/mol. The van der Waals surface area contributed by atoms with Crippen molar-refractivity contribution in [3.8, 4) is 17.2 Å². The average Bonchev–Trinajstić information content (AvgIpc) is 2.60. The number of benzene rings is 2. The van der Waals surface area contributed by atoms with Gasteiger partial charge in [-0.15, -0.1) is 0 Å². The van der Waals surface area contributed by atoms with Gasteiger partial charge in [0.1, 0.15) is 17.2 Å². The first kappa shape index (κ1) is 16.6. The summed E-state index contributed by atoms with van der Waals surface area (Å²) in [4.78, 5) is 11.5. The Morgan fingerprint density at radius 2 is 1.48 bits per heavy atom. The highest BCUT2D eigenvalue weighted by atomic mass is 16.5. The third kappa shape index (κ3) is 3.54. The van der Waals surface area contributed by atoms with Gasteiger partial charge >= 0.3 is 0 Å². The topological polar surface area (TPSA) is 44.8 Å². The van der Waals surface area contributed by atoms with Gasteiger partial charge in [-0.05, 0) is 35.7 Å². The third-order valence-corrected chi connectivity index (χ3v) is 3.71. The van der Waals surface area contributed by atoms with Gasteiger partial charge in [0, 0.05) is 6.07 Å². The number of hydrogen-bond acceptors (Lipinski definition) is 4. The van der Waals surface area contributed by atoms with E-state index in [0.717, 1.165) is 28.7 Å². The van der Waals surface area contributed by atoms with E-state index in [9.17, 15) is 4.79 Å². The molecule has 2 aromatic carbocycles. The van der Waals surface area contributed by atoms with Crippen LogP contribution in [-0.2, 0) is 0 Å². The van der Waals surface area contributed by atoms with E-state index in [1.54, 1.807) is 20.3 Å². The zero-order valence-electron chi connectivity index (χ0n) is 13.8. The predicted octanol–water partition coefficient (Wildman–Crippen LogP) is 4.00. The first-order valence-electron chi connectivity index (χ1n) is 7.17. The van der Waals surface area contributed by atoms with Crippen molar-refractivity contribution in [3.05, 3.63) is 52.6 Å². The highest BCUT2D eigenvalue weighted by Gasteiger charge is 2.14. The largest absolute Gasteiger partial charge is 0.497 e. The van der Waals surface area contributed by atoms with Gasteiger partial charge in [0.15, 0.2) is 6.29 Å². The molecule has 0 saturated carbocycles. The SMILES string of the molecule is COc1ccc(/C=C/c2c(C)c(OC)cc(OC)c2C=O)cc1. The number of hydrogen-bond donors (Lipinski definition) is 0. The van der Waals surface area contributed by atoms with Crippen LogP contribution in [0.1, 0.15) is 27.0 Å². The van der Waals surface area contributed by atoms with E-state index in [2.05, 4.69) is 0 Å². The summed E-state index contributed by atoms with van der Waals surface area (Å²) in [5, 5.41) is 0. The van der Waals surface area contributed by atoms with Crippen molar-refractivity contribution < 1.29 is 19.0 Å². The molecular weight excluding hydrogens is 292 g/mol. The minimum absolute atomic E-state index is 0.497. The van der Waals surface area contributed by atoms with Crippen LogP contribution in [-0.4, -0.2) is 27.6 Å². The summed E-state index contributed by atoms with van der Waals surface area (Å²) in [6, 6.07) is 9.40. The van der Waals surface area contributed by atoms with Gasteiger partial charge in [-0.3, -0.25) is 4.79 Å². The Kier molecular flexibility index (Phi) is 5.41. The summed E-state index contributed by atoms with van der Waals surface area (Å²) in [7, 11) is 4.76. The van der Waals surface area contributed by atoms with Crippen LogP contribution in [0.25, 0.3) is 12.2 Å². The average molecular weight is 312 g/mol. The molecule has 0 aliphatic rings. The molecule has 0 bridgehead atoms. The van der Waals surface area contributed by atoms with E-state index >= 15 is 0 Å². The molecular formula is C19H20O4. The molecule has 120 valence electrons. The molecule has 0 saturated heterocycles. The van der Waals surface area contributed by atoms with Crippen LogP contribution in [0.2, 0.25) is 0 Å². The molecule has 0 N–H and O–H groups in total. The van der Waals surface area contributed by atoms with E-state index in [-0.39, 0.29) is 0 Å². The molecule has 0 atom stereocenters. The highest BCUT2D eigenvalue weighted by Crippen LogP contribution is 2.33. The lowest BCUT2D eigenvalue weighted by Gasteiger charge is -2.14. The van der Waals surface area contributed by atoms with Crippen molar-refractivity contribution in [2.24, 2.45) is 0 Å². The maximum Gasteiger partial charge on any atom is 0.154 e. The number of aldehydes is 1. The van der Waals surface area contributed by atoms with Crippen LogP contribution in [0.3, 0.4) is 0 Å². The molecule has 0 aliphatic carbocycles. The Labute approximate surface area is 136 Å². The normalized spacial score (nSPS) is 10.6. The number of rotatable bonds is 6. The van der Waals surface area contributed by atoms with Crippen molar-refractivity contribution in [1.29, 1.82) is 0 Å². The second kappa shape index (κ2) is 7.49. The summed E-state index contributed by atoms with van der Waals surface area (Å²) in [5.41, 5.74) is 3.19. The van der Waals surface area contributed by atoms with Crippen LogP contribution in [0.4, 0.5) is 0 Å². The van der Waals surface area contributed by atoms with Crippen LogP contribution in [0.5, 0.6) is 17.2 Å². The van der Waals surface area contributed by atoms with Gasteiger partial charge in [0.25, 0.3) is 0 Å². The molecule has 0 heterocycles. The quantitative estimate of drug-likeness (QED) is 0.597. The minimum Gasteiger partial charge on any atom is -0.497 e. The molecule has 4 nitrogen and oxygen atoms in total. The fourth-order valence-electron chi connectivity index (χ4n) is 2.38. The second-order valence-corrected chi connectivity index (χ2v) is 4.96. The first-order chi connectivity index (χ1) is 11.1. The fraction of sp³-hybridized carbons (Fsp3) is 0.211. The first-order valence-corrected chi connectivity index (χ1v) is 7.17. The zero-order chi connectivity index (χ0) is 16.8. The Morgan fingerprint density at radius 3 is 2.00 bits per heavy atom. The number of carbonyl (C=O) groups excluding carboxylic acids is 1. The van der Waals surface area contributed by atoms with Gasteiger partial charge in [-0.2, -0.15) is 0 Å². The lowest BCUT2D eigenvalue weighted by molar-refractivity contribution is 0.112. The van der Waals surface area contributed by atoms with Gasteiger partial charge in [-0.25, -0.2) is 0 Å². The van der Waals surface area contributed by atoms with E-state index in [4.69, 9.17) is 14.2 Å². The van der Waals surface area contributed by atoms with Crippen LogP contribution >= 0.6 is 0 Å². The van der Waals surface area contributed by atoms with E-state index < -0.39 is 0 Å². The van der Waals surface area contributed by atoms with Gasteiger partial charge in [0.05, 0.1) is 26.9 Å². The highest BCUT2D eigenvalue weighted by molar-refractivity contribution is 5.90. The third-order valence-electron chi connectivity index (χ3n) is 3.71. The van der Waals surface area contributed by atoms with Crippen molar-refractivity contribution in [1.82, 2.24) is 0 Å². The van der Waals surface area contributed by atoms with Crippen molar-refractivity contribution >= 4 is 18.4 Å². The Bertz CT molecular complexity index is 715. The number of ether oxygens (including phenoxy) is 3. The van der Waals surface area contributed by atoms with Gasteiger partial charge in [-0.1, -0.05) is 24.3 Å². The summed E-state index contributed by atoms with van der Waals surface area (Å²) in [6.07, 6.45) is 4.64. The number of methoxy groups -OCH3 is 3. The lowest BCUT2D eigenvalue weighted by Crippen LogP contribution is -1.99. The summed E-state index contributed by atoms with van der Waals surface area (Å²) in [5.74, 6) is 1.98. The summed E-state index contributed by atoms with van der Waals surface area (Å²) >= 11 is 0. The molecule has 0 radical (unpaired) electrons. The van der Waals surface area contributed by atoms with E-state index in [1.807, 2.05) is 43.3 Å². The molecule has 0 aliphatic heterocycles. The van der Waals surface area contributed by atoms with Crippen molar-refractivity contribution in [3.63, 3.8) is 0 Å². The molecule has 0 spiro atoms. The molecule has 2 rings (SSSR count). The Morgan fingerprint density at radius 1 is 0.826 bits per heavy atom. The lowest BCUT2D eigenvalue weighted by atomic mass is 9.99. The standard InChI is InChI=1S/C19H20O4/c1-13-16(10-7-14-5-8-15(21-2)9-6-14)17(12-20)19(23-4)11-18(13)22-3/h5-12H,1-4H3/b10-7+.